The molecular weight excluding hydrogens is 849 g/mol. The lowest BCUT2D eigenvalue weighted by Crippen LogP contribution is -2.53. The van der Waals surface area contributed by atoms with E-state index in [9.17, 15) is 10.2 Å². The van der Waals surface area contributed by atoms with Crippen LogP contribution in [0.15, 0.2) is 0 Å². The van der Waals surface area contributed by atoms with Gasteiger partial charge in [0.2, 0.25) is 0 Å². The molecule has 0 aliphatic heterocycles. The van der Waals surface area contributed by atoms with Crippen LogP contribution >= 0.6 is 0 Å². The first-order valence-corrected chi connectivity index (χ1v) is 48.7. The summed E-state index contributed by atoms with van der Waals surface area (Å²) in [4.78, 5) is 0. The molecule has 0 amide bonds. The van der Waals surface area contributed by atoms with Gasteiger partial charge in [-0.1, -0.05) is 0 Å². The van der Waals surface area contributed by atoms with Crippen LogP contribution in [-0.2, 0) is 38.9 Å². The Bertz CT molecular complexity index is 961. The molecular formula is C35H90O11Si9. The van der Waals surface area contributed by atoms with Crippen molar-refractivity contribution in [1.82, 2.24) is 0 Å². The highest BCUT2D eigenvalue weighted by Crippen LogP contribution is 2.29. The van der Waals surface area contributed by atoms with Crippen LogP contribution in [0.5, 0.6) is 0 Å². The molecule has 0 saturated carbocycles. The summed E-state index contributed by atoms with van der Waals surface area (Å²) >= 11 is 0. The lowest BCUT2D eigenvalue weighted by Gasteiger charge is -2.39. The van der Waals surface area contributed by atoms with Crippen molar-refractivity contribution in [2.75, 3.05) is 33.0 Å². The van der Waals surface area contributed by atoms with Crippen LogP contribution in [0.25, 0.3) is 0 Å². The normalized spacial score (nSPS) is 16.4. The zero-order valence-electron chi connectivity index (χ0n) is 39.6. The second-order valence-electron chi connectivity index (χ2n) is 21.5. The van der Waals surface area contributed by atoms with Gasteiger partial charge in [-0.25, -0.2) is 0 Å². The molecule has 0 spiro atoms. The van der Waals surface area contributed by atoms with Gasteiger partial charge in [0, 0.05) is 19.8 Å². The molecule has 0 heterocycles. The SMILES string of the molecule is C[Si](C)(C)O[Si](C)(CCCOC([C@H](CO)OCCC[Si](C)(O[Si](C)(C)C)O[Si](C)(C)C)[C@@H](CO)OCCC[Si](C)(O[Si](C)(C)C)O[Si](C)(C)C)O[Si](C)(C)C. The quantitative estimate of drug-likeness (QED) is 0.0511. The second-order valence-corrected chi connectivity index (χ2v) is 60.1. The van der Waals surface area contributed by atoms with Crippen molar-refractivity contribution < 1.29 is 49.1 Å². The summed E-state index contributed by atoms with van der Waals surface area (Å²) in [5.74, 6) is 0. The summed E-state index contributed by atoms with van der Waals surface area (Å²) in [6, 6.07) is 2.38. The third kappa shape index (κ3) is 29.4. The number of ether oxygens (including phenoxy) is 3. The van der Waals surface area contributed by atoms with Crippen molar-refractivity contribution >= 4 is 75.6 Å². The lowest BCUT2D eigenvalue weighted by molar-refractivity contribution is -0.159. The number of aliphatic hydroxyl groups is 2. The van der Waals surface area contributed by atoms with E-state index < -0.39 is 93.9 Å². The Hall–Kier alpha value is 1.51. The first kappa shape index (κ1) is 56.5. The topological polar surface area (TPSA) is 124 Å². The molecule has 0 aromatic heterocycles. The van der Waals surface area contributed by atoms with Crippen molar-refractivity contribution in [3.8, 4) is 0 Å². The standard InChI is InChI=1S/C35H90O11Si9/c1-47(2,3)41-53(19,42-48(4,5)6)28-22-25-38-33(31-36)35(40-27-24-30-55(21,45-51(13,14)15)46-52(16,17)18)34(32-37)39-26-23-29-54(20,43-49(7,8)9)44-50(10,11)12/h33-37H,22-32H2,1-21H3/t33-,34+,35?. The highest BCUT2D eigenvalue weighted by molar-refractivity contribution is 6.89. The minimum absolute atomic E-state index is 0.265. The minimum atomic E-state index is -2.47. The first-order chi connectivity index (χ1) is 24.4. The monoisotopic (exact) mass is 938 g/mol. The number of aliphatic hydroxyl groups excluding tert-OH is 2. The van der Waals surface area contributed by atoms with Gasteiger partial charge in [0.1, 0.15) is 18.3 Å². The van der Waals surface area contributed by atoms with E-state index in [1.807, 2.05) is 0 Å². The predicted molar refractivity (Wildman–Crippen MR) is 253 cm³/mol. The summed E-state index contributed by atoms with van der Waals surface area (Å²) in [6.07, 6.45) is 0.128. The van der Waals surface area contributed by atoms with Crippen molar-refractivity contribution in [3.05, 3.63) is 0 Å². The van der Waals surface area contributed by atoms with E-state index >= 15 is 0 Å². The maximum atomic E-state index is 10.7. The molecule has 332 valence electrons. The molecule has 1 unspecified atom stereocenters. The molecule has 0 aromatic rings. The molecule has 0 bridgehead atoms. The van der Waals surface area contributed by atoms with E-state index in [1.165, 1.54) is 0 Å². The van der Waals surface area contributed by atoms with E-state index in [0.717, 1.165) is 37.4 Å². The maximum Gasteiger partial charge on any atom is 0.314 e. The Morgan fingerprint density at radius 1 is 0.327 bits per heavy atom. The minimum Gasteiger partial charge on any atom is -0.437 e. The molecule has 0 fully saturated rings. The Labute approximate surface area is 349 Å². The summed E-state index contributed by atoms with van der Waals surface area (Å²) in [6.45, 7) is 47.0. The van der Waals surface area contributed by atoms with E-state index in [1.54, 1.807) is 0 Å². The highest BCUT2D eigenvalue weighted by atomic mass is 28.5. The summed E-state index contributed by atoms with van der Waals surface area (Å²) in [5, 5.41) is 21.5. The third-order valence-electron chi connectivity index (χ3n) is 7.53. The number of hydrogen-bond acceptors (Lipinski definition) is 11. The first-order valence-electron chi connectivity index (χ1n) is 20.7. The molecule has 3 atom stereocenters. The summed E-state index contributed by atoms with van der Waals surface area (Å²) < 4.78 is 59.7. The average Bonchev–Trinajstić information content (AvgIpc) is 2.87. The van der Waals surface area contributed by atoms with Gasteiger partial charge in [0.25, 0.3) is 0 Å². The maximum absolute atomic E-state index is 10.7. The fourth-order valence-electron chi connectivity index (χ4n) is 7.08. The summed E-state index contributed by atoms with van der Waals surface area (Å²) in [7, 11) is -18.4. The van der Waals surface area contributed by atoms with E-state index in [2.05, 4.69) is 137 Å². The molecule has 2 N–H and O–H groups in total. The molecule has 0 aliphatic carbocycles. The molecule has 0 aromatic carbocycles. The largest absolute Gasteiger partial charge is 0.437 e. The number of rotatable bonds is 31. The fraction of sp³-hybridized carbons (Fsp3) is 1.00. The molecule has 55 heavy (non-hydrogen) atoms. The van der Waals surface area contributed by atoms with E-state index in [0.29, 0.717) is 19.8 Å². The molecule has 0 saturated heterocycles. The fourth-order valence-corrected chi connectivity index (χ4v) is 44.6. The van der Waals surface area contributed by atoms with Gasteiger partial charge < -0.3 is 49.1 Å². The van der Waals surface area contributed by atoms with Crippen LogP contribution in [0.4, 0.5) is 0 Å². The Balaban J connectivity index is 6.10. The summed E-state index contributed by atoms with van der Waals surface area (Å²) in [5.41, 5.74) is 0. The Kier molecular flexibility index (Phi) is 23.7. The predicted octanol–water partition coefficient (Wildman–Crippen LogP) is 9.62. The molecule has 11 nitrogen and oxygen atoms in total. The highest BCUT2D eigenvalue weighted by Gasteiger charge is 2.43. The number of hydrogen-bond donors (Lipinski definition) is 2. The lowest BCUT2D eigenvalue weighted by atomic mass is 10.1. The Morgan fingerprint density at radius 3 is 0.709 bits per heavy atom. The van der Waals surface area contributed by atoms with Crippen molar-refractivity contribution in [2.45, 2.75) is 193 Å². The van der Waals surface area contributed by atoms with Crippen LogP contribution < -0.4 is 0 Å². The molecule has 0 radical (unpaired) electrons. The molecule has 0 rings (SSSR count). The van der Waals surface area contributed by atoms with Crippen LogP contribution in [0.3, 0.4) is 0 Å². The molecule has 0 aliphatic rings. The average molecular weight is 940 g/mol. The van der Waals surface area contributed by atoms with Gasteiger partial charge in [0.15, 0.2) is 49.9 Å². The van der Waals surface area contributed by atoms with Crippen LogP contribution in [0.2, 0.25) is 156 Å². The van der Waals surface area contributed by atoms with Crippen LogP contribution in [0, 0.1) is 0 Å². The van der Waals surface area contributed by atoms with Gasteiger partial charge >= 0.3 is 25.7 Å². The van der Waals surface area contributed by atoms with E-state index in [-0.39, 0.29) is 13.2 Å². The van der Waals surface area contributed by atoms with Crippen molar-refractivity contribution in [3.63, 3.8) is 0 Å². The van der Waals surface area contributed by atoms with Crippen LogP contribution in [0.1, 0.15) is 19.3 Å². The van der Waals surface area contributed by atoms with Gasteiger partial charge in [-0.05, 0) is 175 Å². The van der Waals surface area contributed by atoms with Crippen LogP contribution in [-0.4, -0.2) is 137 Å². The zero-order valence-corrected chi connectivity index (χ0v) is 48.6. The van der Waals surface area contributed by atoms with Gasteiger partial charge in [0.05, 0.1) is 13.2 Å². The molecule has 20 heteroatoms. The smallest absolute Gasteiger partial charge is 0.314 e. The van der Waals surface area contributed by atoms with Gasteiger partial charge in [-0.3, -0.25) is 0 Å². The van der Waals surface area contributed by atoms with Gasteiger partial charge in [-0.15, -0.1) is 0 Å². The zero-order chi connectivity index (χ0) is 43.4. The second kappa shape index (κ2) is 23.1. The van der Waals surface area contributed by atoms with Gasteiger partial charge in [-0.2, -0.15) is 0 Å². The Morgan fingerprint density at radius 2 is 0.527 bits per heavy atom. The van der Waals surface area contributed by atoms with Crippen molar-refractivity contribution in [1.29, 1.82) is 0 Å². The third-order valence-corrected chi connectivity index (χ3v) is 36.4. The van der Waals surface area contributed by atoms with Crippen molar-refractivity contribution in [2.24, 2.45) is 0 Å². The van der Waals surface area contributed by atoms with E-state index in [4.69, 9.17) is 38.9 Å².